The van der Waals surface area contributed by atoms with E-state index in [2.05, 4.69) is 13.8 Å². The van der Waals surface area contributed by atoms with E-state index < -0.39 is 21.0 Å². The van der Waals surface area contributed by atoms with Gasteiger partial charge in [-0.2, -0.15) is 0 Å². The van der Waals surface area contributed by atoms with Gasteiger partial charge >= 0.3 is 0 Å². The lowest BCUT2D eigenvalue weighted by atomic mass is 9.67. The molecule has 1 saturated heterocycles. The molecule has 0 aromatic heterocycles. The SMILES string of the molecule is CCC1CC(CC)CC2(C1)OCC2S(=O)(=O)[O-]. The monoisotopic (exact) mass is 261 g/mol. The quantitative estimate of drug-likeness (QED) is 0.728. The molecule has 0 amide bonds. The minimum atomic E-state index is -4.21. The second-order valence-corrected chi connectivity index (χ2v) is 7.10. The van der Waals surface area contributed by atoms with Crippen LogP contribution in [0.25, 0.3) is 0 Å². The lowest BCUT2D eigenvalue weighted by Gasteiger charge is -2.55. The minimum Gasteiger partial charge on any atom is -0.748 e. The van der Waals surface area contributed by atoms with Crippen LogP contribution in [0.1, 0.15) is 46.0 Å². The van der Waals surface area contributed by atoms with Crippen LogP contribution in [0.2, 0.25) is 0 Å². The zero-order chi connectivity index (χ0) is 12.7. The van der Waals surface area contributed by atoms with Gasteiger partial charge in [-0.3, -0.25) is 0 Å². The summed E-state index contributed by atoms with van der Waals surface area (Å²) >= 11 is 0. The third kappa shape index (κ3) is 2.37. The van der Waals surface area contributed by atoms with Crippen molar-refractivity contribution >= 4 is 10.1 Å². The number of ether oxygens (including phenoxy) is 1. The highest BCUT2D eigenvalue weighted by Crippen LogP contribution is 2.49. The Balaban J connectivity index is 2.19. The molecule has 2 aliphatic rings. The first-order valence-corrected chi connectivity index (χ1v) is 7.97. The van der Waals surface area contributed by atoms with E-state index in [1.807, 2.05) is 0 Å². The summed E-state index contributed by atoms with van der Waals surface area (Å²) in [7, 11) is -4.21. The molecule has 4 nitrogen and oxygen atoms in total. The molecule has 0 aromatic rings. The van der Waals surface area contributed by atoms with Crippen LogP contribution in [0.3, 0.4) is 0 Å². The molecular weight excluding hydrogens is 240 g/mol. The molecule has 1 saturated carbocycles. The first-order valence-electron chi connectivity index (χ1n) is 6.50. The van der Waals surface area contributed by atoms with Gasteiger partial charge in [0.1, 0.15) is 15.4 Å². The van der Waals surface area contributed by atoms with Gasteiger partial charge in [0.15, 0.2) is 0 Å². The molecule has 1 spiro atoms. The van der Waals surface area contributed by atoms with Crippen LogP contribution >= 0.6 is 0 Å². The Morgan fingerprint density at radius 3 is 2.06 bits per heavy atom. The number of hydrogen-bond donors (Lipinski definition) is 0. The maximum absolute atomic E-state index is 11.2. The fourth-order valence-corrected chi connectivity index (χ4v) is 4.46. The van der Waals surface area contributed by atoms with Crippen molar-refractivity contribution in [3.8, 4) is 0 Å². The van der Waals surface area contributed by atoms with E-state index in [-0.39, 0.29) is 6.61 Å². The van der Waals surface area contributed by atoms with Crippen LogP contribution in [-0.2, 0) is 14.9 Å². The van der Waals surface area contributed by atoms with Crippen LogP contribution in [0.5, 0.6) is 0 Å². The van der Waals surface area contributed by atoms with Gasteiger partial charge in [-0.1, -0.05) is 26.7 Å². The van der Waals surface area contributed by atoms with Crippen molar-refractivity contribution < 1.29 is 17.7 Å². The fraction of sp³-hybridized carbons (Fsp3) is 1.00. The number of hydrogen-bond acceptors (Lipinski definition) is 4. The van der Waals surface area contributed by atoms with Gasteiger partial charge in [-0.25, -0.2) is 8.42 Å². The van der Waals surface area contributed by atoms with Crippen molar-refractivity contribution in [1.29, 1.82) is 0 Å². The summed E-state index contributed by atoms with van der Waals surface area (Å²) in [6.45, 7) is 4.34. The van der Waals surface area contributed by atoms with E-state index in [1.165, 1.54) is 0 Å². The average molecular weight is 261 g/mol. The molecule has 3 atom stereocenters. The lowest BCUT2D eigenvalue weighted by Crippen LogP contribution is -2.64. The molecule has 1 heterocycles. The Bertz CT molecular complexity index is 364. The molecule has 100 valence electrons. The summed E-state index contributed by atoms with van der Waals surface area (Å²) in [5.41, 5.74) is -0.653. The van der Waals surface area contributed by atoms with Gasteiger partial charge in [0.2, 0.25) is 0 Å². The molecule has 0 bridgehead atoms. The largest absolute Gasteiger partial charge is 0.748 e. The zero-order valence-electron chi connectivity index (χ0n) is 10.5. The third-order valence-electron chi connectivity index (χ3n) is 4.55. The first kappa shape index (κ1) is 13.3. The summed E-state index contributed by atoms with van der Waals surface area (Å²) in [5.74, 6) is 0.997. The molecule has 0 radical (unpaired) electrons. The Kier molecular flexibility index (Phi) is 3.54. The Hall–Kier alpha value is -0.130. The van der Waals surface area contributed by atoms with Gasteiger partial charge < -0.3 is 9.29 Å². The Labute approximate surface area is 103 Å². The predicted molar refractivity (Wildman–Crippen MR) is 63.6 cm³/mol. The summed E-state index contributed by atoms with van der Waals surface area (Å²) in [4.78, 5) is 0. The average Bonchev–Trinajstić information content (AvgIpc) is 2.24. The molecule has 17 heavy (non-hydrogen) atoms. The van der Waals surface area contributed by atoms with Crippen molar-refractivity contribution in [2.75, 3.05) is 6.61 Å². The normalized spacial score (nSPS) is 42.4. The van der Waals surface area contributed by atoms with Gasteiger partial charge in [-0.05, 0) is 31.1 Å². The van der Waals surface area contributed by atoms with Crippen LogP contribution in [0.4, 0.5) is 0 Å². The van der Waals surface area contributed by atoms with Crippen molar-refractivity contribution in [2.24, 2.45) is 11.8 Å². The molecule has 1 aliphatic heterocycles. The maximum atomic E-state index is 11.2. The van der Waals surface area contributed by atoms with E-state index >= 15 is 0 Å². The van der Waals surface area contributed by atoms with Gasteiger partial charge in [0.05, 0.1) is 12.2 Å². The maximum Gasteiger partial charge on any atom is 0.103 e. The molecule has 3 unspecified atom stereocenters. The molecule has 2 fully saturated rings. The highest BCUT2D eigenvalue weighted by Gasteiger charge is 2.55. The van der Waals surface area contributed by atoms with E-state index in [9.17, 15) is 13.0 Å². The van der Waals surface area contributed by atoms with Gasteiger partial charge in [-0.15, -0.1) is 0 Å². The second kappa shape index (κ2) is 4.52. The van der Waals surface area contributed by atoms with Crippen molar-refractivity contribution in [1.82, 2.24) is 0 Å². The molecular formula is C12H21O4S-. The summed E-state index contributed by atoms with van der Waals surface area (Å²) in [6, 6.07) is 0. The standard InChI is InChI=1S/C12H22O4S/c1-3-9-5-10(4-2)7-12(6-9)11(8-16-12)17(13,14)15/h9-11H,3-8H2,1-2H3,(H,13,14,15)/p-1. The summed E-state index contributed by atoms with van der Waals surface area (Å²) < 4.78 is 39.3. The van der Waals surface area contributed by atoms with Crippen LogP contribution in [0, 0.1) is 11.8 Å². The highest BCUT2D eigenvalue weighted by atomic mass is 32.2. The first-order chi connectivity index (χ1) is 7.91. The number of rotatable bonds is 3. The molecule has 1 aliphatic carbocycles. The van der Waals surface area contributed by atoms with Crippen LogP contribution < -0.4 is 0 Å². The predicted octanol–water partition coefficient (Wildman–Crippen LogP) is 1.91. The van der Waals surface area contributed by atoms with E-state index in [0.717, 1.165) is 32.1 Å². The van der Waals surface area contributed by atoms with Gasteiger partial charge in [0.25, 0.3) is 0 Å². The topological polar surface area (TPSA) is 66.4 Å². The zero-order valence-corrected chi connectivity index (χ0v) is 11.3. The lowest BCUT2D eigenvalue weighted by molar-refractivity contribution is -0.180. The Morgan fingerprint density at radius 1 is 1.24 bits per heavy atom. The summed E-state index contributed by atoms with van der Waals surface area (Å²) in [6.07, 6.45) is 4.70. The fourth-order valence-electron chi connectivity index (χ4n) is 3.43. The highest BCUT2D eigenvalue weighted by molar-refractivity contribution is 7.86. The van der Waals surface area contributed by atoms with Gasteiger partial charge in [0, 0.05) is 0 Å². The molecule has 5 heteroatoms. The van der Waals surface area contributed by atoms with Crippen molar-refractivity contribution in [3.05, 3.63) is 0 Å². The van der Waals surface area contributed by atoms with E-state index in [4.69, 9.17) is 4.74 Å². The van der Waals surface area contributed by atoms with Crippen molar-refractivity contribution in [2.45, 2.75) is 56.8 Å². The molecule has 0 N–H and O–H groups in total. The van der Waals surface area contributed by atoms with Crippen molar-refractivity contribution in [3.63, 3.8) is 0 Å². The van der Waals surface area contributed by atoms with E-state index in [0.29, 0.717) is 11.8 Å². The Morgan fingerprint density at radius 2 is 1.76 bits per heavy atom. The smallest absolute Gasteiger partial charge is 0.103 e. The van der Waals surface area contributed by atoms with E-state index in [1.54, 1.807) is 0 Å². The molecule has 2 rings (SSSR count). The summed E-state index contributed by atoms with van der Waals surface area (Å²) in [5, 5.41) is -0.807. The second-order valence-electron chi connectivity index (χ2n) is 5.55. The third-order valence-corrected chi connectivity index (χ3v) is 5.81. The molecule has 0 aromatic carbocycles. The van der Waals surface area contributed by atoms with Crippen LogP contribution in [-0.4, -0.2) is 30.4 Å². The minimum absolute atomic E-state index is 0.0959. The van der Waals surface area contributed by atoms with Crippen LogP contribution in [0.15, 0.2) is 0 Å².